The lowest BCUT2D eigenvalue weighted by atomic mass is 10.1. The molecule has 0 atom stereocenters. The number of esters is 1. The molecule has 0 radical (unpaired) electrons. The van der Waals surface area contributed by atoms with Gasteiger partial charge in [-0.1, -0.05) is 35.9 Å². The third kappa shape index (κ3) is 5.43. The molecule has 0 fully saturated rings. The molecule has 0 saturated carbocycles. The van der Waals surface area contributed by atoms with Crippen molar-refractivity contribution in [1.29, 1.82) is 0 Å². The van der Waals surface area contributed by atoms with Crippen LogP contribution in [-0.2, 0) is 16.1 Å². The molecule has 0 aliphatic rings. The lowest BCUT2D eigenvalue weighted by Gasteiger charge is -2.09. The molecule has 0 aromatic heterocycles. The molecule has 2 aromatic rings. The van der Waals surface area contributed by atoms with Crippen LogP contribution in [0.15, 0.2) is 48.5 Å². The molecule has 0 aliphatic heterocycles. The van der Waals surface area contributed by atoms with Crippen molar-refractivity contribution >= 4 is 11.9 Å². The van der Waals surface area contributed by atoms with Gasteiger partial charge in [0.15, 0.2) is 0 Å². The average molecular weight is 327 g/mol. The number of hydrogen-bond acceptors (Lipinski definition) is 4. The van der Waals surface area contributed by atoms with Crippen LogP contribution in [0.3, 0.4) is 0 Å². The molecule has 126 valence electrons. The predicted octanol–water partition coefficient (Wildman–Crippen LogP) is 2.87. The minimum absolute atomic E-state index is 0.145. The van der Waals surface area contributed by atoms with Gasteiger partial charge in [0, 0.05) is 12.1 Å². The third-order valence-electron chi connectivity index (χ3n) is 3.43. The van der Waals surface area contributed by atoms with Gasteiger partial charge in [0.05, 0.1) is 13.5 Å². The summed E-state index contributed by atoms with van der Waals surface area (Å²) in [6, 6.07) is 15.0. The lowest BCUT2D eigenvalue weighted by molar-refractivity contribution is -0.140. The van der Waals surface area contributed by atoms with E-state index in [1.165, 1.54) is 12.7 Å². The van der Waals surface area contributed by atoms with Crippen LogP contribution in [-0.4, -0.2) is 25.5 Å². The van der Waals surface area contributed by atoms with Crippen molar-refractivity contribution in [2.75, 3.05) is 13.7 Å². The van der Waals surface area contributed by atoms with Gasteiger partial charge in [-0.25, -0.2) is 0 Å². The summed E-state index contributed by atoms with van der Waals surface area (Å²) in [5, 5.41) is 2.68. The van der Waals surface area contributed by atoms with Crippen LogP contribution >= 0.6 is 0 Å². The van der Waals surface area contributed by atoms with Crippen molar-refractivity contribution in [2.45, 2.75) is 20.0 Å². The molecule has 1 amide bonds. The quantitative estimate of drug-likeness (QED) is 0.794. The summed E-state index contributed by atoms with van der Waals surface area (Å²) in [6.45, 7) is 2.71. The summed E-state index contributed by atoms with van der Waals surface area (Å²) in [7, 11) is 1.32. The first-order valence-corrected chi connectivity index (χ1v) is 7.72. The van der Waals surface area contributed by atoms with Gasteiger partial charge in [-0.3, -0.25) is 9.59 Å². The van der Waals surface area contributed by atoms with E-state index in [1.807, 2.05) is 25.1 Å². The summed E-state index contributed by atoms with van der Waals surface area (Å²) in [6.07, 6.45) is 0.145. The molecule has 5 heteroatoms. The fourth-order valence-corrected chi connectivity index (χ4v) is 2.18. The zero-order valence-corrected chi connectivity index (χ0v) is 13.9. The fourth-order valence-electron chi connectivity index (χ4n) is 2.18. The zero-order chi connectivity index (χ0) is 17.4. The Morgan fingerprint density at radius 1 is 1.08 bits per heavy atom. The van der Waals surface area contributed by atoms with E-state index in [1.54, 1.807) is 24.3 Å². The highest BCUT2D eigenvalue weighted by Crippen LogP contribution is 2.15. The first-order valence-electron chi connectivity index (χ1n) is 7.72. The van der Waals surface area contributed by atoms with E-state index in [9.17, 15) is 9.59 Å². The third-order valence-corrected chi connectivity index (χ3v) is 3.43. The molecule has 2 aromatic carbocycles. The number of aryl methyl sites for hydroxylation is 1. The highest BCUT2D eigenvalue weighted by atomic mass is 16.5. The Hall–Kier alpha value is -2.82. The summed E-state index contributed by atoms with van der Waals surface area (Å²) in [4.78, 5) is 23.1. The van der Waals surface area contributed by atoms with E-state index < -0.39 is 0 Å². The summed E-state index contributed by atoms with van der Waals surface area (Å²) < 4.78 is 10.3. The van der Waals surface area contributed by atoms with Gasteiger partial charge in [-0.15, -0.1) is 0 Å². The molecule has 24 heavy (non-hydrogen) atoms. The average Bonchev–Trinajstić information content (AvgIpc) is 2.60. The van der Waals surface area contributed by atoms with Crippen LogP contribution < -0.4 is 10.1 Å². The number of carbonyl (C=O) groups excluding carboxylic acids is 2. The van der Waals surface area contributed by atoms with Gasteiger partial charge < -0.3 is 14.8 Å². The molecular formula is C19H21NO4. The van der Waals surface area contributed by atoms with Crippen molar-refractivity contribution in [3.8, 4) is 5.75 Å². The molecule has 0 aliphatic carbocycles. The highest BCUT2D eigenvalue weighted by Gasteiger charge is 2.08. The standard InChI is InChI=1S/C19H21NO4/c1-14-5-3-6-15(11-14)13-24-17-8-4-7-16(12-17)19(22)20-10-9-18(21)23-2/h3-8,11-12H,9-10,13H2,1-2H3,(H,20,22). The minimum Gasteiger partial charge on any atom is -0.489 e. The Balaban J connectivity index is 1.90. The predicted molar refractivity (Wildman–Crippen MR) is 90.9 cm³/mol. The Morgan fingerprint density at radius 3 is 2.62 bits per heavy atom. The number of ether oxygens (including phenoxy) is 2. The van der Waals surface area contributed by atoms with Crippen LogP contribution in [0.25, 0.3) is 0 Å². The van der Waals surface area contributed by atoms with Gasteiger partial charge in [-0.2, -0.15) is 0 Å². The topological polar surface area (TPSA) is 64.6 Å². The Bertz CT molecular complexity index is 712. The fraction of sp³-hybridized carbons (Fsp3) is 0.263. The Labute approximate surface area is 141 Å². The van der Waals surface area contributed by atoms with Crippen molar-refractivity contribution in [2.24, 2.45) is 0 Å². The first-order chi connectivity index (χ1) is 11.6. The Morgan fingerprint density at radius 2 is 1.88 bits per heavy atom. The highest BCUT2D eigenvalue weighted by molar-refractivity contribution is 5.94. The van der Waals surface area contributed by atoms with E-state index in [4.69, 9.17) is 4.74 Å². The van der Waals surface area contributed by atoms with Gasteiger partial charge in [0.2, 0.25) is 0 Å². The molecule has 0 saturated heterocycles. The number of nitrogens with one attached hydrogen (secondary N) is 1. The summed E-state index contributed by atoms with van der Waals surface area (Å²) in [5.41, 5.74) is 2.74. The van der Waals surface area contributed by atoms with Crippen LogP contribution in [0.5, 0.6) is 5.75 Å². The summed E-state index contributed by atoms with van der Waals surface area (Å²) >= 11 is 0. The van der Waals surface area contributed by atoms with Crippen LogP contribution in [0, 0.1) is 6.92 Å². The largest absolute Gasteiger partial charge is 0.489 e. The molecular weight excluding hydrogens is 306 g/mol. The van der Waals surface area contributed by atoms with E-state index in [0.29, 0.717) is 17.9 Å². The molecule has 1 N–H and O–H groups in total. The molecule has 5 nitrogen and oxygen atoms in total. The first kappa shape index (κ1) is 17.5. The van der Waals surface area contributed by atoms with Crippen molar-refractivity contribution < 1.29 is 19.1 Å². The number of benzene rings is 2. The summed E-state index contributed by atoms with van der Waals surface area (Å²) in [5.74, 6) is 0.0163. The monoisotopic (exact) mass is 327 g/mol. The van der Waals surface area contributed by atoms with Crippen LogP contribution in [0.2, 0.25) is 0 Å². The number of hydrogen-bond donors (Lipinski definition) is 1. The van der Waals surface area contributed by atoms with Crippen molar-refractivity contribution in [3.63, 3.8) is 0 Å². The maximum absolute atomic E-state index is 12.1. The maximum atomic E-state index is 12.1. The van der Waals surface area contributed by atoms with E-state index >= 15 is 0 Å². The lowest BCUT2D eigenvalue weighted by Crippen LogP contribution is -2.26. The smallest absolute Gasteiger partial charge is 0.307 e. The Kier molecular flexibility index (Phi) is 6.37. The number of amides is 1. The second-order valence-corrected chi connectivity index (χ2v) is 5.39. The molecule has 2 rings (SSSR count). The van der Waals surface area contributed by atoms with E-state index in [-0.39, 0.29) is 24.8 Å². The van der Waals surface area contributed by atoms with Crippen molar-refractivity contribution in [1.82, 2.24) is 5.32 Å². The van der Waals surface area contributed by atoms with Crippen molar-refractivity contribution in [3.05, 3.63) is 65.2 Å². The number of rotatable bonds is 7. The van der Waals surface area contributed by atoms with Crippen LogP contribution in [0.1, 0.15) is 27.9 Å². The van der Waals surface area contributed by atoms with Crippen LogP contribution in [0.4, 0.5) is 0 Å². The molecule has 0 unspecified atom stereocenters. The van der Waals surface area contributed by atoms with Gasteiger partial charge in [0.25, 0.3) is 5.91 Å². The van der Waals surface area contributed by atoms with Gasteiger partial charge in [-0.05, 0) is 30.7 Å². The number of carbonyl (C=O) groups is 2. The second-order valence-electron chi connectivity index (χ2n) is 5.39. The zero-order valence-electron chi connectivity index (χ0n) is 13.9. The van der Waals surface area contributed by atoms with E-state index in [2.05, 4.69) is 16.1 Å². The molecule has 0 heterocycles. The van der Waals surface area contributed by atoms with E-state index in [0.717, 1.165) is 5.56 Å². The SMILES string of the molecule is COC(=O)CCNC(=O)c1cccc(OCc2cccc(C)c2)c1. The number of methoxy groups -OCH3 is 1. The molecule has 0 bridgehead atoms. The van der Waals surface area contributed by atoms with Gasteiger partial charge in [0.1, 0.15) is 12.4 Å². The maximum Gasteiger partial charge on any atom is 0.307 e. The minimum atomic E-state index is -0.356. The molecule has 0 spiro atoms. The normalized spacial score (nSPS) is 10.1. The second kappa shape index (κ2) is 8.72. The van der Waals surface area contributed by atoms with Gasteiger partial charge >= 0.3 is 5.97 Å².